The molecule has 134 valence electrons. The number of anilines is 1. The van der Waals surface area contributed by atoms with Crippen molar-refractivity contribution in [1.29, 1.82) is 0 Å². The number of hydrogen-bond acceptors (Lipinski definition) is 5. The number of nitrogens with two attached hydrogens (primary N) is 1. The second kappa shape index (κ2) is 6.76. The topological polar surface area (TPSA) is 106 Å². The molecule has 0 spiro atoms. The highest BCUT2D eigenvalue weighted by molar-refractivity contribution is 6.05. The molecule has 3 atom stereocenters. The van der Waals surface area contributed by atoms with Crippen molar-refractivity contribution < 1.29 is 9.90 Å². The van der Waals surface area contributed by atoms with Crippen LogP contribution in [0.1, 0.15) is 23.3 Å². The second-order valence-electron chi connectivity index (χ2n) is 6.82. The minimum Gasteiger partial charge on any atom is -0.396 e. The lowest BCUT2D eigenvalue weighted by atomic mass is 10.1. The van der Waals surface area contributed by atoms with E-state index in [4.69, 9.17) is 5.73 Å². The van der Waals surface area contributed by atoms with Gasteiger partial charge in [0.15, 0.2) is 5.69 Å². The van der Waals surface area contributed by atoms with Gasteiger partial charge in [0.2, 0.25) is 0 Å². The van der Waals surface area contributed by atoms with Gasteiger partial charge in [-0.25, -0.2) is 4.98 Å². The van der Waals surface area contributed by atoms with Crippen LogP contribution in [0, 0.1) is 5.92 Å². The van der Waals surface area contributed by atoms with E-state index in [1.165, 1.54) is 0 Å². The maximum absolute atomic E-state index is 12.7. The zero-order valence-corrected chi connectivity index (χ0v) is 14.2. The van der Waals surface area contributed by atoms with Crippen molar-refractivity contribution in [3.8, 4) is 0 Å². The van der Waals surface area contributed by atoms with Crippen molar-refractivity contribution in [1.82, 2.24) is 20.1 Å². The van der Waals surface area contributed by atoms with Gasteiger partial charge >= 0.3 is 0 Å². The summed E-state index contributed by atoms with van der Waals surface area (Å²) in [5, 5.41) is 19.1. The number of pyridine rings is 1. The Labute approximate surface area is 150 Å². The van der Waals surface area contributed by atoms with Gasteiger partial charge in [0.25, 0.3) is 5.91 Å². The van der Waals surface area contributed by atoms with E-state index < -0.39 is 6.10 Å². The molecule has 1 aromatic carbocycles. The molecule has 1 amide bonds. The van der Waals surface area contributed by atoms with Gasteiger partial charge in [-0.1, -0.05) is 24.3 Å². The predicted octanol–water partition coefficient (Wildman–Crippen LogP) is 1.58. The average Bonchev–Trinajstić information content (AvgIpc) is 3.26. The third-order valence-electron chi connectivity index (χ3n) is 5.00. The number of aliphatic hydroxyl groups excluding tert-OH is 1. The highest BCUT2D eigenvalue weighted by Gasteiger charge is 2.34. The van der Waals surface area contributed by atoms with E-state index in [-0.39, 0.29) is 23.6 Å². The monoisotopic (exact) mass is 351 g/mol. The van der Waals surface area contributed by atoms with Crippen molar-refractivity contribution >= 4 is 22.4 Å². The molecule has 1 unspecified atom stereocenters. The second-order valence-corrected chi connectivity index (χ2v) is 6.82. The smallest absolute Gasteiger partial charge is 0.272 e. The van der Waals surface area contributed by atoms with Crippen LogP contribution in [0.15, 0.2) is 48.9 Å². The predicted molar refractivity (Wildman–Crippen MR) is 98.4 cm³/mol. The molecular formula is C19H21N5O2. The Morgan fingerprint density at radius 3 is 2.96 bits per heavy atom. The number of hydrogen-bond donors (Lipinski definition) is 3. The molecule has 0 aliphatic heterocycles. The Bertz CT molecular complexity index is 925. The van der Waals surface area contributed by atoms with Crippen molar-refractivity contribution in [2.45, 2.75) is 31.5 Å². The number of nitrogen functional groups attached to an aromatic ring is 1. The number of rotatable bonds is 4. The van der Waals surface area contributed by atoms with E-state index in [0.717, 1.165) is 17.3 Å². The summed E-state index contributed by atoms with van der Waals surface area (Å²) in [4.78, 5) is 16.9. The Balaban J connectivity index is 1.47. The molecular weight excluding hydrogens is 330 g/mol. The number of carbonyl (C=O) groups excluding carboxylic acids is 1. The van der Waals surface area contributed by atoms with Crippen molar-refractivity contribution in [3.63, 3.8) is 0 Å². The first-order chi connectivity index (χ1) is 12.6. The fourth-order valence-electron chi connectivity index (χ4n) is 3.70. The van der Waals surface area contributed by atoms with E-state index in [1.807, 2.05) is 41.2 Å². The summed E-state index contributed by atoms with van der Waals surface area (Å²) < 4.78 is 1.85. The summed E-state index contributed by atoms with van der Waals surface area (Å²) in [7, 11) is 0. The molecule has 26 heavy (non-hydrogen) atoms. The number of amides is 1. The number of fused-ring (bicyclic) bond motifs is 1. The SMILES string of the molecule is Nc1c(C(=O)N[C@@H]2CC(Cn3cccn3)C[C@H]2O)ncc2ccccc12. The average molecular weight is 351 g/mol. The summed E-state index contributed by atoms with van der Waals surface area (Å²) in [6.45, 7) is 0.729. The minimum atomic E-state index is -0.582. The van der Waals surface area contributed by atoms with Gasteiger partial charge in [-0.15, -0.1) is 0 Å². The molecule has 7 nitrogen and oxygen atoms in total. The van der Waals surface area contributed by atoms with Crippen molar-refractivity contribution in [2.75, 3.05) is 5.73 Å². The van der Waals surface area contributed by atoms with Gasteiger partial charge in [0.1, 0.15) is 0 Å². The van der Waals surface area contributed by atoms with Gasteiger partial charge in [-0.3, -0.25) is 9.48 Å². The maximum atomic E-state index is 12.7. The zero-order valence-electron chi connectivity index (χ0n) is 14.2. The van der Waals surface area contributed by atoms with Gasteiger partial charge in [-0.2, -0.15) is 5.10 Å². The van der Waals surface area contributed by atoms with Crippen LogP contribution in [0.2, 0.25) is 0 Å². The van der Waals surface area contributed by atoms with Gasteiger partial charge < -0.3 is 16.2 Å². The van der Waals surface area contributed by atoms with Crippen LogP contribution in [0.5, 0.6) is 0 Å². The van der Waals surface area contributed by atoms with E-state index >= 15 is 0 Å². The van der Waals surface area contributed by atoms with Crippen LogP contribution in [0.25, 0.3) is 10.8 Å². The fourth-order valence-corrected chi connectivity index (χ4v) is 3.70. The van der Waals surface area contributed by atoms with Crippen LogP contribution >= 0.6 is 0 Å². The summed E-state index contributed by atoms with van der Waals surface area (Å²) >= 11 is 0. The Morgan fingerprint density at radius 1 is 1.31 bits per heavy atom. The molecule has 4 N–H and O–H groups in total. The summed E-state index contributed by atoms with van der Waals surface area (Å²) in [5.41, 5.74) is 6.71. The number of nitrogens with one attached hydrogen (secondary N) is 1. The van der Waals surface area contributed by atoms with E-state index in [1.54, 1.807) is 12.4 Å². The van der Waals surface area contributed by atoms with Crippen LogP contribution < -0.4 is 11.1 Å². The van der Waals surface area contributed by atoms with Gasteiger partial charge in [-0.05, 0) is 24.8 Å². The molecule has 2 aromatic heterocycles. The lowest BCUT2D eigenvalue weighted by Gasteiger charge is -2.17. The summed E-state index contributed by atoms with van der Waals surface area (Å²) in [6.07, 6.45) is 6.02. The van der Waals surface area contributed by atoms with Crippen molar-refractivity contribution in [3.05, 3.63) is 54.6 Å². The van der Waals surface area contributed by atoms with Gasteiger partial charge in [0, 0.05) is 35.9 Å². The first-order valence-electron chi connectivity index (χ1n) is 8.71. The Morgan fingerprint density at radius 2 is 2.15 bits per heavy atom. The van der Waals surface area contributed by atoms with Crippen molar-refractivity contribution in [2.24, 2.45) is 5.92 Å². The standard InChI is InChI=1S/C19H21N5O2/c20-17-14-5-2-1-4-13(14)10-21-18(17)19(26)23-15-8-12(9-16(15)25)11-24-7-3-6-22-24/h1-7,10,12,15-16,25H,8-9,11,20H2,(H,23,26)/t12?,15-,16-/m1/s1. The third kappa shape index (κ3) is 3.13. The fraction of sp³-hybridized carbons (Fsp3) is 0.316. The Kier molecular flexibility index (Phi) is 4.30. The van der Waals surface area contributed by atoms with Crippen LogP contribution in [-0.2, 0) is 6.54 Å². The molecule has 1 saturated carbocycles. The highest BCUT2D eigenvalue weighted by Crippen LogP contribution is 2.28. The van der Waals surface area contributed by atoms with E-state index in [0.29, 0.717) is 18.5 Å². The molecule has 7 heteroatoms. The van der Waals surface area contributed by atoms with E-state index in [9.17, 15) is 9.90 Å². The van der Waals surface area contributed by atoms with Crippen LogP contribution in [0.3, 0.4) is 0 Å². The number of benzene rings is 1. The third-order valence-corrected chi connectivity index (χ3v) is 5.00. The van der Waals surface area contributed by atoms with E-state index in [2.05, 4.69) is 15.4 Å². The lowest BCUT2D eigenvalue weighted by molar-refractivity contribution is 0.0869. The molecule has 1 aliphatic rings. The Hall–Kier alpha value is -2.93. The van der Waals surface area contributed by atoms with Crippen LogP contribution in [-0.4, -0.2) is 37.9 Å². The zero-order chi connectivity index (χ0) is 18.1. The number of aromatic nitrogens is 3. The first-order valence-corrected chi connectivity index (χ1v) is 8.71. The van der Waals surface area contributed by atoms with Gasteiger partial charge in [0.05, 0.1) is 17.8 Å². The number of aliphatic hydroxyl groups is 1. The minimum absolute atomic E-state index is 0.200. The lowest BCUT2D eigenvalue weighted by Crippen LogP contribution is -2.40. The summed E-state index contributed by atoms with van der Waals surface area (Å²) in [6, 6.07) is 9.11. The number of nitrogens with zero attached hydrogens (tertiary/aromatic N) is 3. The normalized spacial score (nSPS) is 22.6. The highest BCUT2D eigenvalue weighted by atomic mass is 16.3. The molecule has 0 radical (unpaired) electrons. The quantitative estimate of drug-likeness (QED) is 0.662. The molecule has 4 rings (SSSR count). The number of carbonyl (C=O) groups is 1. The molecule has 1 fully saturated rings. The van der Waals surface area contributed by atoms with Crippen LogP contribution in [0.4, 0.5) is 5.69 Å². The largest absolute Gasteiger partial charge is 0.396 e. The molecule has 2 heterocycles. The molecule has 0 saturated heterocycles. The summed E-state index contributed by atoms with van der Waals surface area (Å²) in [5.74, 6) is -0.0887. The molecule has 1 aliphatic carbocycles. The molecule has 0 bridgehead atoms. The molecule has 3 aromatic rings. The maximum Gasteiger partial charge on any atom is 0.272 e. The first kappa shape index (κ1) is 16.5.